The molecular weight excluding hydrogens is 184 g/mol. The van der Waals surface area contributed by atoms with Crippen molar-refractivity contribution in [3.8, 4) is 0 Å². The maximum atomic E-state index is 11.0. The van der Waals surface area contributed by atoms with Gasteiger partial charge in [0.25, 0.3) is 0 Å². The molecule has 0 bridgehead atoms. The highest BCUT2D eigenvalue weighted by Gasteiger charge is 2.21. The largest absolute Gasteiger partial charge is 0.273 e. The van der Waals surface area contributed by atoms with Gasteiger partial charge in [-0.2, -0.15) is 5.10 Å². The molecule has 0 aromatic carbocycles. The lowest BCUT2D eigenvalue weighted by Crippen LogP contribution is -2.31. The molecule has 1 N–H and O–H groups in total. The number of hydrazone groups is 1. The van der Waals surface area contributed by atoms with Gasteiger partial charge in [0.2, 0.25) is 5.91 Å². The first kappa shape index (κ1) is 8.44. The van der Waals surface area contributed by atoms with Crippen LogP contribution in [0.25, 0.3) is 0 Å². The molecule has 1 aromatic heterocycles. The summed E-state index contributed by atoms with van der Waals surface area (Å²) in [7, 11) is 0. The molecule has 0 spiro atoms. The van der Waals surface area contributed by atoms with E-state index < -0.39 is 0 Å². The molecule has 1 amide bonds. The van der Waals surface area contributed by atoms with Crippen molar-refractivity contribution in [3.05, 3.63) is 22.4 Å². The number of hydrogen-bond donors (Lipinski definition) is 1. The van der Waals surface area contributed by atoms with Crippen LogP contribution >= 0.6 is 11.3 Å². The zero-order valence-corrected chi connectivity index (χ0v) is 8.10. The third-order valence-electron chi connectivity index (χ3n) is 2.03. The topological polar surface area (TPSA) is 41.5 Å². The first-order valence-corrected chi connectivity index (χ1v) is 5.05. The van der Waals surface area contributed by atoms with Gasteiger partial charge in [0, 0.05) is 12.3 Å². The van der Waals surface area contributed by atoms with Gasteiger partial charge in [-0.05, 0) is 11.4 Å². The second kappa shape index (κ2) is 3.30. The van der Waals surface area contributed by atoms with Crippen molar-refractivity contribution in [1.82, 2.24) is 5.43 Å². The molecule has 3 nitrogen and oxygen atoms in total. The third-order valence-corrected chi connectivity index (χ3v) is 2.93. The fourth-order valence-corrected chi connectivity index (χ4v) is 2.20. The highest BCUT2D eigenvalue weighted by molar-refractivity contribution is 7.12. The first-order chi connectivity index (χ1) is 6.27. The van der Waals surface area contributed by atoms with Gasteiger partial charge in [-0.25, -0.2) is 5.43 Å². The summed E-state index contributed by atoms with van der Waals surface area (Å²) in [6.07, 6.45) is 0.538. The predicted molar refractivity (Wildman–Crippen MR) is 52.8 cm³/mol. The van der Waals surface area contributed by atoms with E-state index in [-0.39, 0.29) is 11.8 Å². The Hall–Kier alpha value is -1.16. The second-order valence-corrected chi connectivity index (χ2v) is 4.06. The highest BCUT2D eigenvalue weighted by Crippen LogP contribution is 2.19. The van der Waals surface area contributed by atoms with E-state index in [1.165, 1.54) is 0 Å². The summed E-state index contributed by atoms with van der Waals surface area (Å²) in [6, 6.07) is 4.02. The van der Waals surface area contributed by atoms with Gasteiger partial charge < -0.3 is 0 Å². The lowest BCUT2D eigenvalue weighted by Gasteiger charge is -2.17. The van der Waals surface area contributed by atoms with Gasteiger partial charge in [0.15, 0.2) is 0 Å². The molecular formula is C9H10N2OS. The van der Waals surface area contributed by atoms with Crippen molar-refractivity contribution < 1.29 is 4.79 Å². The first-order valence-electron chi connectivity index (χ1n) is 4.17. The summed E-state index contributed by atoms with van der Waals surface area (Å²) in [4.78, 5) is 12.1. The zero-order valence-electron chi connectivity index (χ0n) is 7.28. The number of rotatable bonds is 1. The molecule has 1 aliphatic rings. The highest BCUT2D eigenvalue weighted by atomic mass is 32.1. The van der Waals surface area contributed by atoms with Crippen LogP contribution in [-0.2, 0) is 4.79 Å². The lowest BCUT2D eigenvalue weighted by molar-refractivity contribution is -0.121. The number of carbonyl (C=O) groups excluding carboxylic acids is 1. The van der Waals surface area contributed by atoms with Crippen LogP contribution in [0.1, 0.15) is 18.2 Å². The Morgan fingerprint density at radius 2 is 2.54 bits per heavy atom. The summed E-state index contributed by atoms with van der Waals surface area (Å²) in [5, 5.41) is 6.08. The van der Waals surface area contributed by atoms with E-state index in [2.05, 4.69) is 10.5 Å². The van der Waals surface area contributed by atoms with Gasteiger partial charge in [0.05, 0.1) is 10.6 Å². The van der Waals surface area contributed by atoms with Gasteiger partial charge in [-0.1, -0.05) is 13.0 Å². The van der Waals surface area contributed by atoms with E-state index in [1.807, 2.05) is 24.4 Å². The van der Waals surface area contributed by atoms with E-state index in [0.29, 0.717) is 6.42 Å². The van der Waals surface area contributed by atoms with E-state index >= 15 is 0 Å². The number of nitrogens with zero attached hydrogens (tertiary/aromatic N) is 1. The zero-order chi connectivity index (χ0) is 9.26. The number of nitrogens with one attached hydrogen (secondary N) is 1. The van der Waals surface area contributed by atoms with Crippen LogP contribution in [0.2, 0.25) is 0 Å². The molecule has 13 heavy (non-hydrogen) atoms. The molecule has 4 heteroatoms. The van der Waals surface area contributed by atoms with Gasteiger partial charge in [-0.3, -0.25) is 4.79 Å². The predicted octanol–water partition coefficient (Wildman–Crippen LogP) is 1.61. The van der Waals surface area contributed by atoms with E-state index in [1.54, 1.807) is 11.3 Å². The SMILES string of the molecule is C[C@H]1CC(=O)NN=C1c1cccs1. The number of hydrogen-bond acceptors (Lipinski definition) is 3. The molecule has 0 unspecified atom stereocenters. The second-order valence-electron chi connectivity index (χ2n) is 3.11. The molecule has 68 valence electrons. The molecule has 0 aliphatic carbocycles. The maximum Gasteiger partial charge on any atom is 0.240 e. The molecule has 1 aliphatic heterocycles. The maximum absolute atomic E-state index is 11.0. The molecule has 2 heterocycles. The normalized spacial score (nSPS) is 22.4. The van der Waals surface area contributed by atoms with Gasteiger partial charge in [-0.15, -0.1) is 11.3 Å². The molecule has 0 saturated heterocycles. The average Bonchev–Trinajstić information content (AvgIpc) is 2.56. The summed E-state index contributed by atoms with van der Waals surface area (Å²) < 4.78 is 0. The Labute approximate surface area is 80.5 Å². The minimum Gasteiger partial charge on any atom is -0.273 e. The summed E-state index contributed by atoms with van der Waals surface area (Å²) >= 11 is 1.65. The molecule has 0 radical (unpaired) electrons. The van der Waals surface area contributed by atoms with Crippen molar-refractivity contribution in [2.45, 2.75) is 13.3 Å². The summed E-state index contributed by atoms with van der Waals surface area (Å²) in [6.45, 7) is 2.03. The Morgan fingerprint density at radius 1 is 1.69 bits per heavy atom. The fraction of sp³-hybridized carbons (Fsp3) is 0.333. The Balaban J connectivity index is 2.29. The molecule has 2 rings (SSSR count). The molecule has 0 saturated carbocycles. The van der Waals surface area contributed by atoms with Crippen LogP contribution in [-0.4, -0.2) is 11.6 Å². The lowest BCUT2D eigenvalue weighted by atomic mass is 9.99. The van der Waals surface area contributed by atoms with Crippen LogP contribution < -0.4 is 5.43 Å². The number of amides is 1. The minimum atomic E-state index is 0.00723. The van der Waals surface area contributed by atoms with Crippen LogP contribution in [0, 0.1) is 5.92 Å². The Bertz CT molecular complexity index is 343. The molecule has 0 fully saturated rings. The van der Waals surface area contributed by atoms with Crippen LogP contribution in [0.4, 0.5) is 0 Å². The van der Waals surface area contributed by atoms with E-state index in [0.717, 1.165) is 10.6 Å². The standard InChI is InChI=1S/C9H10N2OS/c1-6-5-8(12)10-11-9(6)7-3-2-4-13-7/h2-4,6H,5H2,1H3,(H,10,12)/t6-/m0/s1. The quantitative estimate of drug-likeness (QED) is 0.725. The van der Waals surface area contributed by atoms with Gasteiger partial charge >= 0.3 is 0 Å². The van der Waals surface area contributed by atoms with Crippen molar-refractivity contribution >= 4 is 23.0 Å². The van der Waals surface area contributed by atoms with E-state index in [4.69, 9.17) is 0 Å². The van der Waals surface area contributed by atoms with Crippen LogP contribution in [0.5, 0.6) is 0 Å². The molecule has 1 atom stereocenters. The smallest absolute Gasteiger partial charge is 0.240 e. The monoisotopic (exact) mass is 194 g/mol. The fourth-order valence-electron chi connectivity index (χ4n) is 1.38. The van der Waals surface area contributed by atoms with Crippen molar-refractivity contribution in [1.29, 1.82) is 0 Å². The summed E-state index contributed by atoms with van der Waals surface area (Å²) in [5.41, 5.74) is 3.50. The Morgan fingerprint density at radius 3 is 3.15 bits per heavy atom. The van der Waals surface area contributed by atoms with Crippen molar-refractivity contribution in [2.75, 3.05) is 0 Å². The van der Waals surface area contributed by atoms with E-state index in [9.17, 15) is 4.79 Å². The summed E-state index contributed by atoms with van der Waals surface area (Å²) in [5.74, 6) is 0.236. The number of thiophene rings is 1. The van der Waals surface area contributed by atoms with Crippen molar-refractivity contribution in [3.63, 3.8) is 0 Å². The van der Waals surface area contributed by atoms with Crippen LogP contribution in [0.3, 0.4) is 0 Å². The van der Waals surface area contributed by atoms with Gasteiger partial charge in [0.1, 0.15) is 0 Å². The average molecular weight is 194 g/mol. The van der Waals surface area contributed by atoms with Crippen molar-refractivity contribution in [2.24, 2.45) is 11.0 Å². The molecule has 1 aromatic rings. The Kier molecular flexibility index (Phi) is 2.14. The van der Waals surface area contributed by atoms with Crippen LogP contribution in [0.15, 0.2) is 22.6 Å². The number of carbonyl (C=O) groups is 1. The minimum absolute atomic E-state index is 0.00723. The third kappa shape index (κ3) is 1.62.